The highest BCUT2D eigenvalue weighted by atomic mass is 35.5. The largest absolute Gasteiger partial charge is 0.397 e. The number of nitrogens with zero attached hydrogens (tertiary/aromatic N) is 2. The van der Waals surface area contributed by atoms with Crippen LogP contribution in [0.3, 0.4) is 0 Å². The molecule has 82 valence electrons. The van der Waals surface area contributed by atoms with E-state index in [1.54, 1.807) is 6.20 Å². The van der Waals surface area contributed by atoms with E-state index in [-0.39, 0.29) is 0 Å². The summed E-state index contributed by atoms with van der Waals surface area (Å²) in [5.41, 5.74) is 6.35. The molecule has 0 radical (unpaired) electrons. The molecule has 1 fully saturated rings. The molecular weight excluding hydrogens is 212 g/mol. The highest BCUT2D eigenvalue weighted by Gasteiger charge is 2.19. The molecule has 1 saturated heterocycles. The third-order valence-corrected chi connectivity index (χ3v) is 2.98. The van der Waals surface area contributed by atoms with Gasteiger partial charge >= 0.3 is 0 Å². The fourth-order valence-electron chi connectivity index (χ4n) is 1.78. The van der Waals surface area contributed by atoms with Crippen molar-refractivity contribution in [3.63, 3.8) is 0 Å². The van der Waals surface area contributed by atoms with Gasteiger partial charge in [-0.2, -0.15) is 0 Å². The first-order valence-corrected chi connectivity index (χ1v) is 5.44. The van der Waals surface area contributed by atoms with Crippen LogP contribution in [-0.2, 0) is 0 Å². The normalized spacial score (nSPS) is 21.7. The van der Waals surface area contributed by atoms with Gasteiger partial charge in [0.1, 0.15) is 5.82 Å². The van der Waals surface area contributed by atoms with E-state index in [2.05, 4.69) is 22.1 Å². The molecule has 4 nitrogen and oxygen atoms in total. The van der Waals surface area contributed by atoms with Crippen molar-refractivity contribution in [2.24, 2.45) is 0 Å². The van der Waals surface area contributed by atoms with Crippen LogP contribution in [0.25, 0.3) is 0 Å². The molecule has 15 heavy (non-hydrogen) atoms. The number of nitrogens with two attached hydrogens (primary N) is 1. The molecule has 1 unspecified atom stereocenters. The topological polar surface area (TPSA) is 54.2 Å². The van der Waals surface area contributed by atoms with Gasteiger partial charge in [0, 0.05) is 37.9 Å². The fraction of sp³-hybridized carbons (Fsp3) is 0.500. The lowest BCUT2D eigenvalue weighted by Crippen LogP contribution is -2.50. The number of rotatable bonds is 1. The summed E-state index contributed by atoms with van der Waals surface area (Å²) in [7, 11) is 0. The molecule has 1 atom stereocenters. The molecule has 1 aromatic heterocycles. The van der Waals surface area contributed by atoms with Gasteiger partial charge in [-0.15, -0.1) is 0 Å². The van der Waals surface area contributed by atoms with E-state index in [1.165, 1.54) is 0 Å². The molecule has 1 aliphatic rings. The third-order valence-electron chi connectivity index (χ3n) is 2.67. The van der Waals surface area contributed by atoms with Gasteiger partial charge in [0.25, 0.3) is 0 Å². The third kappa shape index (κ3) is 2.16. The maximum atomic E-state index is 5.84. The number of nitrogen functional groups attached to an aromatic ring is 1. The molecule has 5 heteroatoms. The summed E-state index contributed by atoms with van der Waals surface area (Å²) in [5, 5.41) is 3.85. The SMILES string of the molecule is CC1CNCCN1c1cc(N)c(Cl)cn1. The van der Waals surface area contributed by atoms with Crippen molar-refractivity contribution in [3.05, 3.63) is 17.3 Å². The monoisotopic (exact) mass is 226 g/mol. The minimum absolute atomic E-state index is 0.437. The van der Waals surface area contributed by atoms with Gasteiger partial charge in [0.15, 0.2) is 0 Å². The van der Waals surface area contributed by atoms with E-state index in [4.69, 9.17) is 17.3 Å². The molecule has 0 aromatic carbocycles. The van der Waals surface area contributed by atoms with Crippen molar-refractivity contribution in [1.29, 1.82) is 0 Å². The van der Waals surface area contributed by atoms with Crippen LogP contribution in [0.1, 0.15) is 6.92 Å². The Kier molecular flexibility index (Phi) is 2.98. The van der Waals surface area contributed by atoms with Gasteiger partial charge in [-0.1, -0.05) is 11.6 Å². The Balaban J connectivity index is 2.24. The van der Waals surface area contributed by atoms with Gasteiger partial charge in [-0.3, -0.25) is 0 Å². The molecule has 2 heterocycles. The summed E-state index contributed by atoms with van der Waals surface area (Å²) in [6.45, 7) is 5.08. The van der Waals surface area contributed by atoms with Crippen LogP contribution < -0.4 is 16.0 Å². The average molecular weight is 227 g/mol. The van der Waals surface area contributed by atoms with Crippen LogP contribution in [0, 0.1) is 0 Å². The van der Waals surface area contributed by atoms with Crippen LogP contribution >= 0.6 is 11.6 Å². The second-order valence-electron chi connectivity index (χ2n) is 3.81. The van der Waals surface area contributed by atoms with Crippen LogP contribution in [-0.4, -0.2) is 30.7 Å². The maximum Gasteiger partial charge on any atom is 0.130 e. The summed E-state index contributed by atoms with van der Waals surface area (Å²) in [5.74, 6) is 0.908. The number of hydrogen-bond acceptors (Lipinski definition) is 4. The number of halogens is 1. The van der Waals surface area contributed by atoms with Gasteiger partial charge in [-0.05, 0) is 6.92 Å². The first-order valence-electron chi connectivity index (χ1n) is 5.07. The maximum absolute atomic E-state index is 5.84. The highest BCUT2D eigenvalue weighted by molar-refractivity contribution is 6.32. The van der Waals surface area contributed by atoms with Gasteiger partial charge in [0.2, 0.25) is 0 Å². The van der Waals surface area contributed by atoms with Gasteiger partial charge < -0.3 is 16.0 Å². The first kappa shape index (κ1) is 10.5. The zero-order valence-electron chi connectivity index (χ0n) is 8.70. The summed E-state index contributed by atoms with van der Waals surface area (Å²) in [6, 6.07) is 2.27. The minimum atomic E-state index is 0.437. The molecule has 0 bridgehead atoms. The number of piperazine rings is 1. The molecule has 1 aromatic rings. The minimum Gasteiger partial charge on any atom is -0.397 e. The summed E-state index contributed by atoms with van der Waals surface area (Å²) < 4.78 is 0. The van der Waals surface area contributed by atoms with Crippen molar-refractivity contribution >= 4 is 23.1 Å². The van der Waals surface area contributed by atoms with Crippen LogP contribution in [0.15, 0.2) is 12.3 Å². The van der Waals surface area contributed by atoms with E-state index >= 15 is 0 Å². The van der Waals surface area contributed by atoms with Crippen LogP contribution in [0.4, 0.5) is 11.5 Å². The number of hydrogen-bond donors (Lipinski definition) is 2. The number of pyridine rings is 1. The first-order chi connectivity index (χ1) is 7.18. The lowest BCUT2D eigenvalue weighted by Gasteiger charge is -2.35. The summed E-state index contributed by atoms with van der Waals surface area (Å²) >= 11 is 5.84. The van der Waals surface area contributed by atoms with Crippen molar-refractivity contribution in [1.82, 2.24) is 10.3 Å². The lowest BCUT2D eigenvalue weighted by atomic mass is 10.2. The quantitative estimate of drug-likeness (QED) is 0.754. The average Bonchev–Trinajstić information content (AvgIpc) is 2.23. The predicted molar refractivity (Wildman–Crippen MR) is 63.3 cm³/mol. The van der Waals surface area contributed by atoms with Crippen molar-refractivity contribution < 1.29 is 0 Å². The molecule has 3 N–H and O–H groups in total. The molecule has 1 aliphatic heterocycles. The summed E-state index contributed by atoms with van der Waals surface area (Å²) in [4.78, 5) is 6.54. The van der Waals surface area contributed by atoms with Crippen molar-refractivity contribution in [3.8, 4) is 0 Å². The van der Waals surface area contributed by atoms with E-state index in [1.807, 2.05) is 6.07 Å². The number of anilines is 2. The highest BCUT2D eigenvalue weighted by Crippen LogP contribution is 2.23. The molecule has 0 spiro atoms. The second-order valence-corrected chi connectivity index (χ2v) is 4.22. The zero-order chi connectivity index (χ0) is 10.8. The van der Waals surface area contributed by atoms with Crippen molar-refractivity contribution in [2.75, 3.05) is 30.3 Å². The van der Waals surface area contributed by atoms with Gasteiger partial charge in [-0.25, -0.2) is 4.98 Å². The van der Waals surface area contributed by atoms with Gasteiger partial charge in [0.05, 0.1) is 10.7 Å². The van der Waals surface area contributed by atoms with E-state index < -0.39 is 0 Å². The number of aromatic nitrogens is 1. The lowest BCUT2D eigenvalue weighted by molar-refractivity contribution is 0.497. The Bertz CT molecular complexity index is 355. The van der Waals surface area contributed by atoms with E-state index in [9.17, 15) is 0 Å². The molecule has 2 rings (SSSR count). The van der Waals surface area contributed by atoms with E-state index in [0.29, 0.717) is 16.8 Å². The Labute approximate surface area is 94.4 Å². The van der Waals surface area contributed by atoms with Crippen LogP contribution in [0.2, 0.25) is 5.02 Å². The molecule has 0 aliphatic carbocycles. The standard InChI is InChI=1S/C10H15ClN4/c1-7-5-13-2-3-15(7)10-4-9(12)8(11)6-14-10/h4,6-7,13H,2-3,5H2,1H3,(H2,12,14). The zero-order valence-corrected chi connectivity index (χ0v) is 9.46. The van der Waals surface area contributed by atoms with Crippen LogP contribution in [0.5, 0.6) is 0 Å². The number of nitrogens with one attached hydrogen (secondary N) is 1. The smallest absolute Gasteiger partial charge is 0.130 e. The Morgan fingerprint density at radius 1 is 1.67 bits per heavy atom. The molecule has 0 saturated carbocycles. The Morgan fingerprint density at radius 3 is 3.13 bits per heavy atom. The Hall–Kier alpha value is -1.00. The molecular formula is C10H15ClN4. The van der Waals surface area contributed by atoms with E-state index in [0.717, 1.165) is 25.5 Å². The fourth-order valence-corrected chi connectivity index (χ4v) is 1.88. The molecule has 0 amide bonds. The Morgan fingerprint density at radius 2 is 2.47 bits per heavy atom. The second kappa shape index (κ2) is 4.24. The van der Waals surface area contributed by atoms with Crippen molar-refractivity contribution in [2.45, 2.75) is 13.0 Å². The summed E-state index contributed by atoms with van der Waals surface area (Å²) in [6.07, 6.45) is 1.61. The predicted octanol–water partition coefficient (Wildman–Crippen LogP) is 1.12.